The van der Waals surface area contributed by atoms with Gasteiger partial charge in [0.05, 0.1) is 23.7 Å². The molecule has 0 saturated carbocycles. The van der Waals surface area contributed by atoms with E-state index in [1.807, 2.05) is 0 Å². The lowest BCUT2D eigenvalue weighted by Crippen LogP contribution is -2.24. The smallest absolute Gasteiger partial charge is 0.241 e. The van der Waals surface area contributed by atoms with Crippen LogP contribution in [0.5, 0.6) is 0 Å². The maximum atomic E-state index is 12.1. The molecule has 1 heterocycles. The van der Waals surface area contributed by atoms with Crippen molar-refractivity contribution in [2.24, 2.45) is 0 Å². The molecule has 0 fully saturated rings. The number of rotatable bonds is 5. The summed E-state index contributed by atoms with van der Waals surface area (Å²) in [6, 6.07) is 9.65. The van der Waals surface area contributed by atoms with Gasteiger partial charge < -0.3 is 5.11 Å². The summed E-state index contributed by atoms with van der Waals surface area (Å²) in [6.45, 7) is -0.280. The summed E-state index contributed by atoms with van der Waals surface area (Å²) in [5.74, 6) is 0. The monoisotopic (exact) mass is 279 g/mol. The lowest BCUT2D eigenvalue weighted by Gasteiger charge is -2.09. The lowest BCUT2D eigenvalue weighted by molar-refractivity contribution is 0.278. The molecule has 0 aliphatic heterocycles. The number of aliphatic hydroxyl groups excluding tert-OH is 1. The van der Waals surface area contributed by atoms with Crippen molar-refractivity contribution >= 4 is 10.0 Å². The SMILES string of the molecule is O=S(=O)(NCc1cccnn1)c1ccccc1CO. The molecule has 19 heavy (non-hydrogen) atoms. The summed E-state index contributed by atoms with van der Waals surface area (Å²) in [7, 11) is -3.68. The van der Waals surface area contributed by atoms with Gasteiger partial charge in [0.1, 0.15) is 0 Å². The molecule has 0 atom stereocenters. The highest BCUT2D eigenvalue weighted by atomic mass is 32.2. The van der Waals surface area contributed by atoms with Gasteiger partial charge in [0.15, 0.2) is 0 Å². The molecule has 0 bridgehead atoms. The Bertz CT molecular complexity index is 644. The second-order valence-corrected chi connectivity index (χ2v) is 5.54. The summed E-state index contributed by atoms with van der Waals surface area (Å²) in [5, 5.41) is 16.6. The Kier molecular flexibility index (Phi) is 4.20. The van der Waals surface area contributed by atoms with E-state index in [-0.39, 0.29) is 18.0 Å². The Balaban J connectivity index is 2.19. The summed E-state index contributed by atoms with van der Waals surface area (Å²) >= 11 is 0. The molecule has 7 heteroatoms. The van der Waals surface area contributed by atoms with Crippen LogP contribution in [0.1, 0.15) is 11.3 Å². The molecule has 0 unspecified atom stereocenters. The van der Waals surface area contributed by atoms with Crippen molar-refractivity contribution in [1.29, 1.82) is 0 Å². The topological polar surface area (TPSA) is 92.2 Å². The number of nitrogens with one attached hydrogen (secondary N) is 1. The molecule has 2 N–H and O–H groups in total. The van der Waals surface area contributed by atoms with E-state index >= 15 is 0 Å². The highest BCUT2D eigenvalue weighted by molar-refractivity contribution is 7.89. The largest absolute Gasteiger partial charge is 0.392 e. The number of benzene rings is 1. The van der Waals surface area contributed by atoms with Crippen molar-refractivity contribution in [3.63, 3.8) is 0 Å². The molecule has 2 rings (SSSR count). The van der Waals surface area contributed by atoms with Crippen molar-refractivity contribution in [1.82, 2.24) is 14.9 Å². The number of aliphatic hydroxyl groups is 1. The molecule has 0 saturated heterocycles. The van der Waals surface area contributed by atoms with Crippen molar-refractivity contribution in [2.75, 3.05) is 0 Å². The minimum Gasteiger partial charge on any atom is -0.392 e. The Morgan fingerprint density at radius 2 is 1.95 bits per heavy atom. The van der Waals surface area contributed by atoms with E-state index in [0.29, 0.717) is 11.3 Å². The molecule has 0 amide bonds. The zero-order valence-electron chi connectivity index (χ0n) is 10.0. The van der Waals surface area contributed by atoms with Crippen LogP contribution in [0.25, 0.3) is 0 Å². The summed E-state index contributed by atoms with van der Waals surface area (Å²) in [6.07, 6.45) is 1.51. The van der Waals surface area contributed by atoms with Gasteiger partial charge in [0, 0.05) is 6.20 Å². The molecule has 0 spiro atoms. The van der Waals surface area contributed by atoms with Gasteiger partial charge in [-0.1, -0.05) is 18.2 Å². The number of sulfonamides is 1. The average Bonchev–Trinajstić information content (AvgIpc) is 2.46. The zero-order chi connectivity index (χ0) is 13.7. The Morgan fingerprint density at radius 1 is 1.16 bits per heavy atom. The standard InChI is InChI=1S/C12H13N3O3S/c16-9-10-4-1-2-6-12(10)19(17,18)14-8-11-5-3-7-13-15-11/h1-7,14,16H,8-9H2. The maximum Gasteiger partial charge on any atom is 0.241 e. The van der Waals surface area contributed by atoms with Crippen LogP contribution in [-0.2, 0) is 23.2 Å². The van der Waals surface area contributed by atoms with Crippen molar-refractivity contribution in [3.8, 4) is 0 Å². The Labute approximate surface area is 111 Å². The molecule has 2 aromatic rings. The van der Waals surface area contributed by atoms with Crippen molar-refractivity contribution < 1.29 is 13.5 Å². The summed E-state index contributed by atoms with van der Waals surface area (Å²) < 4.78 is 26.7. The van der Waals surface area contributed by atoms with E-state index in [1.54, 1.807) is 30.3 Å². The van der Waals surface area contributed by atoms with Crippen LogP contribution < -0.4 is 4.72 Å². The van der Waals surface area contributed by atoms with Gasteiger partial charge in [0.25, 0.3) is 0 Å². The van der Waals surface area contributed by atoms with Gasteiger partial charge in [0.2, 0.25) is 10.0 Å². The first-order chi connectivity index (χ1) is 9.13. The lowest BCUT2D eigenvalue weighted by atomic mass is 10.2. The van der Waals surface area contributed by atoms with Crippen LogP contribution in [0.2, 0.25) is 0 Å². The minimum absolute atomic E-state index is 0.0515. The number of nitrogens with zero attached hydrogens (tertiary/aromatic N) is 2. The molecule has 6 nitrogen and oxygen atoms in total. The second-order valence-electron chi connectivity index (χ2n) is 3.81. The van der Waals surface area contributed by atoms with Crippen LogP contribution in [0.15, 0.2) is 47.5 Å². The molecule has 1 aromatic heterocycles. The summed E-state index contributed by atoms with van der Waals surface area (Å²) in [4.78, 5) is 0.0707. The van der Waals surface area contributed by atoms with Gasteiger partial charge in [-0.25, -0.2) is 13.1 Å². The van der Waals surface area contributed by atoms with Gasteiger partial charge in [-0.15, -0.1) is 0 Å². The van der Waals surface area contributed by atoms with Crippen molar-refractivity contribution in [2.45, 2.75) is 18.0 Å². The number of hydrogen-bond donors (Lipinski definition) is 2. The summed E-state index contributed by atoms with van der Waals surface area (Å²) in [5.41, 5.74) is 0.877. The van der Waals surface area contributed by atoms with E-state index < -0.39 is 10.0 Å². The average molecular weight is 279 g/mol. The first-order valence-electron chi connectivity index (χ1n) is 5.58. The molecular weight excluding hydrogens is 266 g/mol. The molecule has 0 aliphatic rings. The van der Waals surface area contributed by atoms with E-state index in [2.05, 4.69) is 14.9 Å². The predicted molar refractivity (Wildman–Crippen MR) is 68.4 cm³/mol. The molecule has 0 aliphatic carbocycles. The van der Waals surface area contributed by atoms with Gasteiger partial charge >= 0.3 is 0 Å². The van der Waals surface area contributed by atoms with Gasteiger partial charge in [-0.2, -0.15) is 10.2 Å². The van der Waals surface area contributed by atoms with Crippen LogP contribution in [0.4, 0.5) is 0 Å². The predicted octanol–water partition coefficient (Wildman–Crippen LogP) is 0.447. The Morgan fingerprint density at radius 3 is 2.63 bits per heavy atom. The van der Waals surface area contributed by atoms with Gasteiger partial charge in [-0.3, -0.25) is 0 Å². The van der Waals surface area contributed by atoms with Crippen LogP contribution in [0, 0.1) is 0 Å². The van der Waals surface area contributed by atoms with Gasteiger partial charge in [-0.05, 0) is 23.8 Å². The van der Waals surface area contributed by atoms with Crippen LogP contribution >= 0.6 is 0 Å². The number of aromatic nitrogens is 2. The second kappa shape index (κ2) is 5.87. The Hall–Kier alpha value is -1.83. The van der Waals surface area contributed by atoms with E-state index in [1.165, 1.54) is 12.3 Å². The zero-order valence-corrected chi connectivity index (χ0v) is 10.8. The van der Waals surface area contributed by atoms with Crippen LogP contribution in [-0.4, -0.2) is 23.7 Å². The highest BCUT2D eigenvalue weighted by Gasteiger charge is 2.17. The third kappa shape index (κ3) is 3.34. The first-order valence-corrected chi connectivity index (χ1v) is 7.07. The first kappa shape index (κ1) is 13.6. The third-order valence-electron chi connectivity index (χ3n) is 2.50. The van der Waals surface area contributed by atoms with E-state index in [4.69, 9.17) is 5.11 Å². The fourth-order valence-electron chi connectivity index (χ4n) is 1.57. The molecule has 0 radical (unpaired) electrons. The number of hydrogen-bond acceptors (Lipinski definition) is 5. The maximum absolute atomic E-state index is 12.1. The molecular formula is C12H13N3O3S. The quantitative estimate of drug-likeness (QED) is 0.829. The normalized spacial score (nSPS) is 11.4. The van der Waals surface area contributed by atoms with Crippen molar-refractivity contribution in [3.05, 3.63) is 53.9 Å². The fraction of sp³-hybridized carbons (Fsp3) is 0.167. The minimum atomic E-state index is -3.68. The molecule has 100 valence electrons. The fourth-order valence-corrected chi connectivity index (χ4v) is 2.80. The third-order valence-corrected chi connectivity index (χ3v) is 4.00. The van der Waals surface area contributed by atoms with Crippen LogP contribution in [0.3, 0.4) is 0 Å². The van der Waals surface area contributed by atoms with E-state index in [0.717, 1.165) is 0 Å². The highest BCUT2D eigenvalue weighted by Crippen LogP contribution is 2.15. The molecule has 1 aromatic carbocycles. The van der Waals surface area contributed by atoms with E-state index in [9.17, 15) is 8.42 Å².